The largest absolute Gasteiger partial charge is 0 e. The van der Waals surface area contributed by atoms with Gasteiger partial charge in [0, 0.05) is 113 Å². The SMILES string of the molecule is C1=CC(C2[N-]C(C3CCCC[N-]3)C(C3CCCC[N-]3)[N-]C2C2CCCC[N-]2)[N-]CC1.O.[O]=[V]([OH])([OH])[OH].[O]=[V]([OH])([OH])[OH].[O]=[V]([OH])([OH])[O][V](=[O])([OH])[OH].[V].[V].[V].[V].[Zn].[Zn]. The molecule has 22 nitrogen and oxygen atoms in total. The summed E-state index contributed by atoms with van der Waals surface area (Å²) >= 11 is -21.4. The maximum atomic E-state index is 9.70. The first-order chi connectivity index (χ1) is 22.6. The van der Waals surface area contributed by atoms with E-state index in [0.29, 0.717) is 18.1 Å². The summed E-state index contributed by atoms with van der Waals surface area (Å²) in [5.74, 6) is 0. The van der Waals surface area contributed by atoms with E-state index in [0.717, 1.165) is 45.4 Å². The van der Waals surface area contributed by atoms with Crippen molar-refractivity contribution in [3.05, 3.63) is 44.1 Å². The van der Waals surface area contributed by atoms with Crippen molar-refractivity contribution in [1.82, 2.24) is 0 Å². The quantitative estimate of drug-likeness (QED) is 0.110. The van der Waals surface area contributed by atoms with E-state index in [1.165, 1.54) is 44.9 Å². The zero-order chi connectivity index (χ0) is 36.9. The second-order valence-electron chi connectivity index (χ2n) is 11.9. The Kier molecular flexibility index (Phi) is 45.4. The Morgan fingerprint density at radius 2 is 0.786 bits per heavy atom. The third-order valence-corrected chi connectivity index (χ3v) is 11.3. The molecule has 8 atom stereocenters. The molecule has 5 heterocycles. The van der Waals surface area contributed by atoms with E-state index in [4.69, 9.17) is 79.6 Å². The Morgan fingerprint density at radius 1 is 0.482 bits per heavy atom. The Bertz CT molecular complexity index is 1150. The van der Waals surface area contributed by atoms with E-state index in [2.05, 4.69) is 14.7 Å². The van der Waals surface area contributed by atoms with Crippen molar-refractivity contribution in [3.63, 3.8) is 0 Å². The molecule has 0 aromatic carbocycles. The van der Waals surface area contributed by atoms with Gasteiger partial charge in [-0.15, -0.1) is 38.3 Å². The van der Waals surface area contributed by atoms with Gasteiger partial charge in [0.05, 0.1) is 0 Å². The molecular formula is C24H50N6O16V8Zn2-6. The van der Waals surface area contributed by atoms with E-state index < -0.39 is 60.1 Å². The van der Waals surface area contributed by atoms with Gasteiger partial charge < -0.3 is 37.4 Å². The first kappa shape index (κ1) is 71.8. The van der Waals surface area contributed by atoms with Gasteiger partial charge in [-0.05, 0) is 0 Å². The normalized spacial score (nSPS) is 28.9. The molecule has 5 aliphatic heterocycles. The van der Waals surface area contributed by atoms with Gasteiger partial charge in [0.15, 0.2) is 0 Å². The number of hydrogen-bond acceptors (Lipinski definition) is 5. The maximum absolute atomic E-state index is 9.70. The molecule has 0 spiro atoms. The first-order valence-corrected chi connectivity index (χ1v) is 25.4. The average molecular weight is 1220 g/mol. The summed E-state index contributed by atoms with van der Waals surface area (Å²) in [5, 5.41) is 31.3. The van der Waals surface area contributed by atoms with Crippen LogP contribution in [0.3, 0.4) is 0 Å². The van der Waals surface area contributed by atoms with Crippen LogP contribution in [0.4, 0.5) is 0 Å². The molecule has 4 saturated heterocycles. The van der Waals surface area contributed by atoms with E-state index >= 15 is 0 Å². The van der Waals surface area contributed by atoms with Crippen LogP contribution in [0.5, 0.6) is 0 Å². The van der Waals surface area contributed by atoms with E-state index in [1.54, 1.807) is 0 Å². The molecule has 56 heavy (non-hydrogen) atoms. The molecule has 322 valence electrons. The van der Waals surface area contributed by atoms with Crippen LogP contribution >= 0.6 is 0 Å². The number of nitrogens with zero attached hydrogens (tertiary/aromatic N) is 6. The second-order valence-corrected chi connectivity index (χ2v) is 19.4. The fourth-order valence-corrected chi connectivity index (χ4v) is 8.47. The predicted molar refractivity (Wildman–Crippen MR) is 155 cm³/mol. The van der Waals surface area contributed by atoms with Crippen LogP contribution in [0, 0.1) is 0 Å². The molecule has 4 fully saturated rings. The summed E-state index contributed by atoms with van der Waals surface area (Å²) in [7, 11) is 0. The molecule has 0 aromatic heterocycles. The molecule has 4 radical (unpaired) electrons. The van der Waals surface area contributed by atoms with Gasteiger partial charge in [0.25, 0.3) is 0 Å². The van der Waals surface area contributed by atoms with Gasteiger partial charge in [-0.3, -0.25) is 0 Å². The molecule has 5 aliphatic rings. The minimum Gasteiger partial charge on any atom is 0 e. The Labute approximate surface area is 414 Å². The number of piperazine rings is 1. The fourth-order valence-electron chi connectivity index (χ4n) is 6.25. The van der Waals surface area contributed by atoms with Crippen molar-refractivity contribution < 1.29 is 236 Å². The van der Waals surface area contributed by atoms with Crippen LogP contribution in [0.15, 0.2) is 12.2 Å². The van der Waals surface area contributed by atoms with Crippen LogP contribution in [0.2, 0.25) is 0 Å². The first-order valence-electron chi connectivity index (χ1n) is 15.7. The average Bonchev–Trinajstić information content (AvgIpc) is 2.99. The molecule has 0 aliphatic carbocycles. The van der Waals surface area contributed by atoms with Crippen LogP contribution in [0.25, 0.3) is 31.9 Å². The van der Waals surface area contributed by atoms with Gasteiger partial charge in [-0.1, -0.05) is 70.3 Å². The zero-order valence-electron chi connectivity index (χ0n) is 30.4. The van der Waals surface area contributed by atoms with Crippen molar-refractivity contribution in [1.29, 1.82) is 0 Å². The molecular weight excluding hydrogens is 1170 g/mol. The predicted octanol–water partition coefficient (Wildman–Crippen LogP) is -1.26. The van der Waals surface area contributed by atoms with E-state index in [9.17, 15) is 7.35 Å². The van der Waals surface area contributed by atoms with Crippen LogP contribution < -0.4 is 0 Å². The number of rotatable bonds is 6. The van der Waals surface area contributed by atoms with Crippen molar-refractivity contribution in [2.24, 2.45) is 0 Å². The van der Waals surface area contributed by atoms with Gasteiger partial charge in [0.2, 0.25) is 0 Å². The molecule has 5 rings (SSSR count). The molecule has 8 unspecified atom stereocenters. The molecule has 32 heteroatoms. The topological polar surface area (TPSA) is 396 Å². The number of piperidine rings is 3. The summed E-state index contributed by atoms with van der Waals surface area (Å²) in [4.78, 5) is 0. The summed E-state index contributed by atoms with van der Waals surface area (Å²) in [6, 6.07) is 1.82. The van der Waals surface area contributed by atoms with Gasteiger partial charge in [0.1, 0.15) is 0 Å². The van der Waals surface area contributed by atoms with Crippen molar-refractivity contribution >= 4 is 0 Å². The Balaban J connectivity index is -0.000000204. The van der Waals surface area contributed by atoms with E-state index in [1.807, 2.05) is 0 Å². The molecule has 0 aromatic rings. The van der Waals surface area contributed by atoms with Crippen molar-refractivity contribution in [2.45, 2.75) is 113 Å². The summed E-state index contributed by atoms with van der Waals surface area (Å²) in [5.41, 5.74) is 0. The minimum atomic E-state index is -5.58. The van der Waals surface area contributed by atoms with Crippen molar-refractivity contribution in [3.8, 4) is 0 Å². The van der Waals surface area contributed by atoms with Crippen LogP contribution in [-0.2, 0) is 191 Å². The standard InChI is InChI=1S/C24H38N6.11H2O.5O.8V.2Zn/c1-5-13-25-17(9-1)21-22(18-10-2-6-14-26-18)30-24(20-12-4-8-16-28-20)23(29-21)19-11-3-7-15-27-19;;;;;;;;;;;;;;;;;;;;;;;;;;/h1,9,17-24H,2-8,10-16H2;11*1H2;;;;;;;;;;;;;;;/q-6;;;;;;;;;;;;;;;;;;;;;2*+2;2*+3;;/p-10. The van der Waals surface area contributed by atoms with Crippen LogP contribution in [-0.4, -0.2) is 120 Å². The monoisotopic (exact) mass is 1210 g/mol. The summed E-state index contributed by atoms with van der Waals surface area (Å²) in [6.07, 6.45) is 16.6. The Morgan fingerprint density at radius 3 is 1.02 bits per heavy atom. The number of hydrogen-bond donors (Lipinski definition) is 10. The zero-order valence-corrected chi connectivity index (χ0v) is 47.5. The molecule has 0 saturated carbocycles. The smallest absolute Gasteiger partial charge is 0 e. The van der Waals surface area contributed by atoms with Crippen molar-refractivity contribution in [2.75, 3.05) is 26.2 Å². The van der Waals surface area contributed by atoms with Gasteiger partial charge in [-0.25, -0.2) is 0 Å². The van der Waals surface area contributed by atoms with Gasteiger partial charge in [-0.2, -0.15) is 42.3 Å². The third kappa shape index (κ3) is 34.5. The molecule has 0 amide bonds. The van der Waals surface area contributed by atoms with Crippen LogP contribution in [0.1, 0.15) is 64.2 Å². The van der Waals surface area contributed by atoms with Gasteiger partial charge >= 0.3 is 118 Å². The maximum Gasteiger partial charge on any atom is 0 e. The third-order valence-electron chi connectivity index (χ3n) is 7.92. The summed E-state index contributed by atoms with van der Waals surface area (Å²) in [6.45, 7) is 3.89. The minimum absolute atomic E-state index is 0. The second kappa shape index (κ2) is 35.4. The Hall–Kier alpha value is 4.14. The molecule has 0 bridgehead atoms. The molecule has 12 N–H and O–H groups in total. The van der Waals surface area contributed by atoms with E-state index in [-0.39, 0.29) is 149 Å². The fraction of sp³-hybridized carbons (Fsp3) is 0.917. The summed E-state index contributed by atoms with van der Waals surface area (Å²) < 4.78 is 115.